The molecule has 1 amide bonds. The quantitative estimate of drug-likeness (QED) is 0.837. The maximum absolute atomic E-state index is 12.4. The molecule has 21 heavy (non-hydrogen) atoms. The molecular formula is C14H17N5O2. The van der Waals surface area contributed by atoms with Gasteiger partial charge in [0.1, 0.15) is 5.75 Å². The number of aromatic hydroxyl groups is 1. The first-order valence-corrected chi connectivity index (χ1v) is 6.87. The Bertz CT molecular complexity index is 667. The minimum atomic E-state index is -0.146. The Hall–Kier alpha value is -2.41. The van der Waals surface area contributed by atoms with E-state index in [1.54, 1.807) is 27.9 Å². The maximum atomic E-state index is 12.4. The molecule has 0 saturated carbocycles. The Morgan fingerprint density at radius 3 is 3.05 bits per heavy atom. The highest BCUT2D eigenvalue weighted by atomic mass is 16.3. The van der Waals surface area contributed by atoms with Gasteiger partial charge < -0.3 is 15.7 Å². The predicted octanol–water partition coefficient (Wildman–Crippen LogP) is 0.141. The van der Waals surface area contributed by atoms with Crippen molar-refractivity contribution in [3.63, 3.8) is 0 Å². The second kappa shape index (κ2) is 5.53. The van der Waals surface area contributed by atoms with Crippen molar-refractivity contribution in [1.82, 2.24) is 19.9 Å². The molecule has 0 radical (unpaired) electrons. The van der Waals surface area contributed by atoms with Gasteiger partial charge in [-0.1, -0.05) is 11.3 Å². The largest absolute Gasteiger partial charge is 0.508 e. The number of hydrogen-bond acceptors (Lipinski definition) is 5. The first-order chi connectivity index (χ1) is 10.2. The van der Waals surface area contributed by atoms with E-state index in [1.165, 1.54) is 5.56 Å². The fourth-order valence-corrected chi connectivity index (χ4v) is 2.52. The summed E-state index contributed by atoms with van der Waals surface area (Å²) in [6.45, 7) is 2.11. The van der Waals surface area contributed by atoms with E-state index in [4.69, 9.17) is 5.73 Å². The van der Waals surface area contributed by atoms with Crippen LogP contribution in [0.1, 0.15) is 21.6 Å². The van der Waals surface area contributed by atoms with Crippen LogP contribution in [0.25, 0.3) is 0 Å². The first kappa shape index (κ1) is 13.6. The average Bonchev–Trinajstić information content (AvgIpc) is 2.94. The lowest BCUT2D eigenvalue weighted by molar-refractivity contribution is 0.0728. The Morgan fingerprint density at radius 1 is 1.38 bits per heavy atom. The molecule has 2 heterocycles. The lowest BCUT2D eigenvalue weighted by Gasteiger charge is -2.28. The summed E-state index contributed by atoms with van der Waals surface area (Å²) in [7, 11) is 0. The zero-order valence-corrected chi connectivity index (χ0v) is 11.6. The maximum Gasteiger partial charge on any atom is 0.276 e. The van der Waals surface area contributed by atoms with Gasteiger partial charge in [0.2, 0.25) is 0 Å². The van der Waals surface area contributed by atoms with Gasteiger partial charge in [0, 0.05) is 19.6 Å². The third kappa shape index (κ3) is 2.73. The average molecular weight is 287 g/mol. The highest BCUT2D eigenvalue weighted by Crippen LogP contribution is 2.23. The van der Waals surface area contributed by atoms with Crippen LogP contribution in [0.5, 0.6) is 5.75 Å². The van der Waals surface area contributed by atoms with Crippen molar-refractivity contribution in [3.8, 4) is 5.75 Å². The van der Waals surface area contributed by atoms with E-state index in [0.717, 1.165) is 12.0 Å². The molecule has 0 unspecified atom stereocenters. The molecule has 7 nitrogen and oxygen atoms in total. The normalized spacial score (nSPS) is 14.0. The second-order valence-electron chi connectivity index (χ2n) is 5.09. The molecule has 2 aromatic rings. The van der Waals surface area contributed by atoms with Gasteiger partial charge in [0.05, 0.1) is 12.7 Å². The smallest absolute Gasteiger partial charge is 0.276 e. The molecule has 1 aromatic heterocycles. The van der Waals surface area contributed by atoms with Gasteiger partial charge in [-0.2, -0.15) is 0 Å². The number of rotatable bonds is 3. The molecule has 0 saturated heterocycles. The lowest BCUT2D eigenvalue weighted by Crippen LogP contribution is -2.36. The van der Waals surface area contributed by atoms with E-state index < -0.39 is 0 Å². The van der Waals surface area contributed by atoms with Crippen LogP contribution < -0.4 is 5.73 Å². The predicted molar refractivity (Wildman–Crippen MR) is 75.6 cm³/mol. The zero-order valence-electron chi connectivity index (χ0n) is 11.6. The van der Waals surface area contributed by atoms with Crippen LogP contribution >= 0.6 is 0 Å². The Kier molecular flexibility index (Phi) is 3.57. The van der Waals surface area contributed by atoms with Crippen molar-refractivity contribution in [1.29, 1.82) is 0 Å². The summed E-state index contributed by atoms with van der Waals surface area (Å²) in [5.74, 6) is 0.0733. The van der Waals surface area contributed by atoms with Gasteiger partial charge >= 0.3 is 0 Å². The Labute approximate surface area is 122 Å². The van der Waals surface area contributed by atoms with Gasteiger partial charge in [0.15, 0.2) is 5.69 Å². The number of hydrogen-bond donors (Lipinski definition) is 2. The molecule has 0 aliphatic carbocycles. The van der Waals surface area contributed by atoms with Crippen molar-refractivity contribution in [3.05, 3.63) is 41.2 Å². The third-order valence-electron chi connectivity index (χ3n) is 3.61. The number of nitrogens with zero attached hydrogens (tertiary/aromatic N) is 4. The number of aromatic nitrogens is 3. The number of nitrogens with two attached hydrogens (primary N) is 1. The number of fused-ring (bicyclic) bond motifs is 1. The van der Waals surface area contributed by atoms with Crippen molar-refractivity contribution in [2.45, 2.75) is 19.5 Å². The number of amides is 1. The van der Waals surface area contributed by atoms with Crippen molar-refractivity contribution >= 4 is 5.91 Å². The summed E-state index contributed by atoms with van der Waals surface area (Å²) in [6.07, 6.45) is 2.39. The summed E-state index contributed by atoms with van der Waals surface area (Å²) in [6, 6.07) is 5.29. The number of carbonyl (C=O) groups is 1. The second-order valence-corrected chi connectivity index (χ2v) is 5.09. The van der Waals surface area contributed by atoms with Crippen LogP contribution in [0.2, 0.25) is 0 Å². The van der Waals surface area contributed by atoms with E-state index in [9.17, 15) is 9.90 Å². The van der Waals surface area contributed by atoms with E-state index in [-0.39, 0.29) is 11.7 Å². The summed E-state index contributed by atoms with van der Waals surface area (Å²) >= 11 is 0. The molecule has 0 atom stereocenters. The van der Waals surface area contributed by atoms with Gasteiger partial charge in [-0.15, -0.1) is 5.10 Å². The highest BCUT2D eigenvalue weighted by molar-refractivity contribution is 5.92. The number of benzene rings is 1. The first-order valence-electron chi connectivity index (χ1n) is 6.87. The Balaban J connectivity index is 1.76. The van der Waals surface area contributed by atoms with Crippen molar-refractivity contribution in [2.75, 3.05) is 13.1 Å². The highest BCUT2D eigenvalue weighted by Gasteiger charge is 2.24. The molecule has 0 spiro atoms. The molecule has 1 aromatic carbocycles. The van der Waals surface area contributed by atoms with E-state index in [1.807, 2.05) is 6.07 Å². The van der Waals surface area contributed by atoms with Crippen molar-refractivity contribution in [2.24, 2.45) is 5.73 Å². The summed E-state index contributed by atoms with van der Waals surface area (Å²) in [5.41, 5.74) is 7.92. The van der Waals surface area contributed by atoms with E-state index in [0.29, 0.717) is 31.9 Å². The van der Waals surface area contributed by atoms with Crippen LogP contribution in [0.4, 0.5) is 0 Å². The molecule has 3 N–H and O–H groups in total. The lowest BCUT2D eigenvalue weighted by atomic mass is 9.99. The number of phenols is 1. The summed E-state index contributed by atoms with van der Waals surface area (Å²) in [5, 5.41) is 17.3. The summed E-state index contributed by atoms with van der Waals surface area (Å²) < 4.78 is 1.57. The SMILES string of the molecule is NCCn1cc(C(=O)N2CCc3ccc(O)cc3C2)nn1. The Morgan fingerprint density at radius 2 is 2.24 bits per heavy atom. The molecule has 110 valence electrons. The van der Waals surface area contributed by atoms with Crippen LogP contribution in [0, 0.1) is 0 Å². The van der Waals surface area contributed by atoms with Crippen LogP contribution in [0.3, 0.4) is 0 Å². The molecule has 1 aliphatic rings. The minimum Gasteiger partial charge on any atom is -0.508 e. The van der Waals surface area contributed by atoms with E-state index in [2.05, 4.69) is 10.3 Å². The standard InChI is InChI=1S/C14H17N5O2/c15-4-6-19-9-13(16-17-19)14(21)18-5-3-10-1-2-12(20)7-11(10)8-18/h1-2,7,9,20H,3-6,8,15H2. The third-order valence-corrected chi connectivity index (χ3v) is 3.61. The van der Waals surface area contributed by atoms with Gasteiger partial charge in [0.25, 0.3) is 5.91 Å². The van der Waals surface area contributed by atoms with Crippen LogP contribution in [-0.2, 0) is 19.5 Å². The molecule has 1 aliphatic heterocycles. The molecule has 7 heteroatoms. The fraction of sp³-hybridized carbons (Fsp3) is 0.357. The van der Waals surface area contributed by atoms with Crippen molar-refractivity contribution < 1.29 is 9.90 Å². The fourth-order valence-electron chi connectivity index (χ4n) is 2.52. The molecule has 0 fully saturated rings. The molecular weight excluding hydrogens is 270 g/mol. The monoisotopic (exact) mass is 287 g/mol. The zero-order chi connectivity index (χ0) is 14.8. The number of phenolic OH excluding ortho intramolecular Hbond substituents is 1. The summed E-state index contributed by atoms with van der Waals surface area (Å²) in [4.78, 5) is 14.1. The minimum absolute atomic E-state index is 0.146. The van der Waals surface area contributed by atoms with Gasteiger partial charge in [-0.25, -0.2) is 0 Å². The molecule has 0 bridgehead atoms. The van der Waals surface area contributed by atoms with Gasteiger partial charge in [-0.05, 0) is 29.7 Å². The topological polar surface area (TPSA) is 97.3 Å². The molecule has 3 rings (SSSR count). The van der Waals surface area contributed by atoms with Crippen LogP contribution in [-0.4, -0.2) is 44.0 Å². The van der Waals surface area contributed by atoms with Crippen LogP contribution in [0.15, 0.2) is 24.4 Å². The van der Waals surface area contributed by atoms with E-state index >= 15 is 0 Å². The van der Waals surface area contributed by atoms with Gasteiger partial charge in [-0.3, -0.25) is 9.48 Å². The number of carbonyl (C=O) groups excluding carboxylic acids is 1.